The average molecular weight is 233 g/mol. The van der Waals surface area contributed by atoms with Crippen molar-refractivity contribution in [3.05, 3.63) is 29.8 Å². The summed E-state index contributed by atoms with van der Waals surface area (Å²) in [6, 6.07) is 8.63. The Balaban J connectivity index is 2.18. The molecule has 0 radical (unpaired) electrons. The van der Waals surface area contributed by atoms with Gasteiger partial charge in [0.2, 0.25) is 0 Å². The maximum Gasteiger partial charge on any atom is 0.119 e. The Bertz CT molecular complexity index is 338. The fourth-order valence-corrected chi connectivity index (χ4v) is 2.87. The zero-order valence-corrected chi connectivity index (χ0v) is 11.0. The van der Waals surface area contributed by atoms with E-state index in [-0.39, 0.29) is 5.54 Å². The molecule has 2 rings (SSSR count). The Morgan fingerprint density at radius 1 is 1.24 bits per heavy atom. The second-order valence-electron chi connectivity index (χ2n) is 4.82. The lowest BCUT2D eigenvalue weighted by atomic mass is 9.84. The SMILES string of the molecule is CCCC1(c2ccc(OCC)cc2)CCCN1. The molecule has 1 heterocycles. The van der Waals surface area contributed by atoms with Crippen LogP contribution in [0.25, 0.3) is 0 Å². The summed E-state index contributed by atoms with van der Waals surface area (Å²) < 4.78 is 5.50. The third-order valence-corrected chi connectivity index (χ3v) is 3.64. The van der Waals surface area contributed by atoms with Crippen LogP contribution in [0, 0.1) is 0 Å². The lowest BCUT2D eigenvalue weighted by Gasteiger charge is -2.30. The van der Waals surface area contributed by atoms with Crippen molar-refractivity contribution in [2.45, 2.75) is 45.1 Å². The van der Waals surface area contributed by atoms with Gasteiger partial charge in [-0.1, -0.05) is 25.5 Å². The van der Waals surface area contributed by atoms with E-state index >= 15 is 0 Å². The number of hydrogen-bond donors (Lipinski definition) is 1. The molecule has 1 atom stereocenters. The van der Waals surface area contributed by atoms with Crippen LogP contribution in [0.2, 0.25) is 0 Å². The number of ether oxygens (including phenoxy) is 1. The number of rotatable bonds is 5. The molecule has 0 bridgehead atoms. The molecule has 17 heavy (non-hydrogen) atoms. The van der Waals surface area contributed by atoms with Gasteiger partial charge in [-0.05, 0) is 50.4 Å². The Morgan fingerprint density at radius 3 is 2.53 bits per heavy atom. The van der Waals surface area contributed by atoms with E-state index in [9.17, 15) is 0 Å². The third kappa shape index (κ3) is 2.63. The van der Waals surface area contributed by atoms with Crippen molar-refractivity contribution in [2.75, 3.05) is 13.2 Å². The molecular formula is C15H23NO. The van der Waals surface area contributed by atoms with Gasteiger partial charge in [-0.25, -0.2) is 0 Å². The summed E-state index contributed by atoms with van der Waals surface area (Å²) in [5.41, 5.74) is 1.64. The van der Waals surface area contributed by atoms with Crippen LogP contribution in [0.15, 0.2) is 24.3 Å². The topological polar surface area (TPSA) is 21.3 Å². The highest BCUT2D eigenvalue weighted by Gasteiger charge is 2.33. The monoisotopic (exact) mass is 233 g/mol. The normalized spacial score (nSPS) is 23.9. The van der Waals surface area contributed by atoms with E-state index in [1.165, 1.54) is 31.2 Å². The summed E-state index contributed by atoms with van der Waals surface area (Å²) in [6.07, 6.45) is 4.99. The summed E-state index contributed by atoms with van der Waals surface area (Å²) in [4.78, 5) is 0. The molecule has 1 unspecified atom stereocenters. The zero-order chi connectivity index (χ0) is 12.1. The maximum atomic E-state index is 5.50. The molecule has 1 saturated heterocycles. The zero-order valence-electron chi connectivity index (χ0n) is 11.0. The first kappa shape index (κ1) is 12.4. The van der Waals surface area contributed by atoms with Crippen LogP contribution in [0.1, 0.15) is 45.1 Å². The minimum absolute atomic E-state index is 0.222. The lowest BCUT2D eigenvalue weighted by molar-refractivity contribution is 0.337. The highest BCUT2D eigenvalue weighted by molar-refractivity contribution is 5.32. The van der Waals surface area contributed by atoms with Crippen molar-refractivity contribution in [2.24, 2.45) is 0 Å². The number of nitrogens with one attached hydrogen (secondary N) is 1. The highest BCUT2D eigenvalue weighted by Crippen LogP contribution is 2.35. The first-order chi connectivity index (χ1) is 8.30. The minimum Gasteiger partial charge on any atom is -0.494 e. The third-order valence-electron chi connectivity index (χ3n) is 3.64. The fourth-order valence-electron chi connectivity index (χ4n) is 2.87. The molecule has 0 spiro atoms. The predicted octanol–water partition coefficient (Wildman–Crippen LogP) is 3.46. The smallest absolute Gasteiger partial charge is 0.119 e. The largest absolute Gasteiger partial charge is 0.494 e. The van der Waals surface area contributed by atoms with E-state index in [0.717, 1.165) is 18.9 Å². The molecule has 2 heteroatoms. The Labute approximate surface area is 104 Å². The van der Waals surface area contributed by atoms with Crippen LogP contribution < -0.4 is 10.1 Å². The van der Waals surface area contributed by atoms with Gasteiger partial charge < -0.3 is 10.1 Å². The number of hydrogen-bond acceptors (Lipinski definition) is 2. The van der Waals surface area contributed by atoms with Gasteiger partial charge in [0, 0.05) is 5.54 Å². The second-order valence-corrected chi connectivity index (χ2v) is 4.82. The average Bonchev–Trinajstić information content (AvgIpc) is 2.81. The summed E-state index contributed by atoms with van der Waals surface area (Å²) in [6.45, 7) is 6.16. The summed E-state index contributed by atoms with van der Waals surface area (Å²) in [7, 11) is 0. The minimum atomic E-state index is 0.222. The Morgan fingerprint density at radius 2 is 2.00 bits per heavy atom. The first-order valence-electron chi connectivity index (χ1n) is 6.79. The van der Waals surface area contributed by atoms with Crippen molar-refractivity contribution in [1.29, 1.82) is 0 Å². The van der Waals surface area contributed by atoms with Crippen LogP contribution in [-0.2, 0) is 5.54 Å². The molecule has 1 aliphatic rings. The second kappa shape index (κ2) is 5.54. The predicted molar refractivity (Wildman–Crippen MR) is 71.4 cm³/mol. The van der Waals surface area contributed by atoms with Gasteiger partial charge in [0.25, 0.3) is 0 Å². The van der Waals surface area contributed by atoms with Crippen LogP contribution in [-0.4, -0.2) is 13.2 Å². The molecule has 1 aromatic carbocycles. The van der Waals surface area contributed by atoms with Gasteiger partial charge in [0.05, 0.1) is 6.61 Å². The van der Waals surface area contributed by atoms with Crippen LogP contribution in [0.4, 0.5) is 0 Å². The van der Waals surface area contributed by atoms with Crippen molar-refractivity contribution >= 4 is 0 Å². The van der Waals surface area contributed by atoms with Crippen LogP contribution >= 0.6 is 0 Å². The van der Waals surface area contributed by atoms with E-state index in [0.29, 0.717) is 0 Å². The molecule has 0 saturated carbocycles. The molecule has 94 valence electrons. The van der Waals surface area contributed by atoms with E-state index in [4.69, 9.17) is 4.74 Å². The van der Waals surface area contributed by atoms with Gasteiger partial charge in [0.1, 0.15) is 5.75 Å². The summed E-state index contributed by atoms with van der Waals surface area (Å²) in [5, 5.41) is 3.70. The molecule has 2 nitrogen and oxygen atoms in total. The lowest BCUT2D eigenvalue weighted by Crippen LogP contribution is -2.36. The van der Waals surface area contributed by atoms with Gasteiger partial charge in [-0.2, -0.15) is 0 Å². The van der Waals surface area contributed by atoms with Crippen molar-refractivity contribution in [3.63, 3.8) is 0 Å². The van der Waals surface area contributed by atoms with Crippen molar-refractivity contribution < 1.29 is 4.74 Å². The quantitative estimate of drug-likeness (QED) is 0.841. The molecular weight excluding hydrogens is 210 g/mol. The maximum absolute atomic E-state index is 5.50. The van der Waals surface area contributed by atoms with Crippen LogP contribution in [0.3, 0.4) is 0 Å². The standard InChI is InChI=1S/C15H23NO/c1-3-10-15(11-5-12-16-15)13-6-8-14(9-7-13)17-4-2/h6-9,16H,3-5,10-12H2,1-2H3. The van der Waals surface area contributed by atoms with E-state index < -0.39 is 0 Å². The summed E-state index contributed by atoms with van der Waals surface area (Å²) in [5.74, 6) is 0.973. The molecule has 1 fully saturated rings. The molecule has 0 aromatic heterocycles. The number of benzene rings is 1. The summed E-state index contributed by atoms with van der Waals surface area (Å²) >= 11 is 0. The van der Waals surface area contributed by atoms with E-state index in [2.05, 4.69) is 36.5 Å². The molecule has 0 amide bonds. The molecule has 0 aliphatic carbocycles. The molecule has 1 N–H and O–H groups in total. The van der Waals surface area contributed by atoms with Crippen molar-refractivity contribution in [1.82, 2.24) is 5.32 Å². The molecule has 1 aromatic rings. The Kier molecular flexibility index (Phi) is 4.06. The van der Waals surface area contributed by atoms with E-state index in [1.54, 1.807) is 0 Å². The van der Waals surface area contributed by atoms with Crippen molar-refractivity contribution in [3.8, 4) is 5.75 Å². The van der Waals surface area contributed by atoms with Gasteiger partial charge in [0.15, 0.2) is 0 Å². The molecule has 1 aliphatic heterocycles. The van der Waals surface area contributed by atoms with E-state index in [1.807, 2.05) is 6.92 Å². The Hall–Kier alpha value is -1.02. The van der Waals surface area contributed by atoms with Crippen LogP contribution in [0.5, 0.6) is 5.75 Å². The fraction of sp³-hybridized carbons (Fsp3) is 0.600. The highest BCUT2D eigenvalue weighted by atomic mass is 16.5. The van der Waals surface area contributed by atoms with Gasteiger partial charge in [-0.15, -0.1) is 0 Å². The first-order valence-corrected chi connectivity index (χ1v) is 6.79. The van der Waals surface area contributed by atoms with Gasteiger partial charge >= 0.3 is 0 Å². The van der Waals surface area contributed by atoms with Gasteiger partial charge in [-0.3, -0.25) is 0 Å².